The van der Waals surface area contributed by atoms with Crippen molar-refractivity contribution in [2.75, 3.05) is 24.1 Å². The number of aromatic nitrogens is 2. The van der Waals surface area contributed by atoms with E-state index < -0.39 is 0 Å². The summed E-state index contributed by atoms with van der Waals surface area (Å²) < 4.78 is 1.36. The molecule has 0 fully saturated rings. The highest BCUT2D eigenvalue weighted by atomic mass is 16.2. The zero-order valence-electron chi connectivity index (χ0n) is 15.7. The molecule has 0 saturated heterocycles. The number of nitrogens with two attached hydrogens (primary N) is 1. The monoisotopic (exact) mass is 367 g/mol. The van der Waals surface area contributed by atoms with Gasteiger partial charge in [-0.2, -0.15) is 9.78 Å². The van der Waals surface area contributed by atoms with Crippen molar-refractivity contribution < 1.29 is 9.59 Å². The van der Waals surface area contributed by atoms with E-state index in [4.69, 9.17) is 5.73 Å². The molecule has 1 atom stereocenters. The Kier molecular flexibility index (Phi) is 4.37. The Hall–Kier alpha value is -2.83. The largest absolute Gasteiger partial charge is 0.385 e. The fourth-order valence-corrected chi connectivity index (χ4v) is 4.01. The van der Waals surface area contributed by atoms with Crippen LogP contribution in [0, 0.1) is 5.92 Å². The second kappa shape index (κ2) is 6.72. The molecule has 2 aromatic rings. The van der Waals surface area contributed by atoms with Gasteiger partial charge < -0.3 is 16.0 Å². The van der Waals surface area contributed by atoms with Gasteiger partial charge in [-0.3, -0.25) is 9.59 Å². The molecule has 3 N–H and O–H groups in total. The zero-order chi connectivity index (χ0) is 19.1. The average molecular weight is 367 g/mol. The number of anilines is 2. The number of hydrogen-bond donors (Lipinski definition) is 2. The SMILES string of the molecule is CC(C)C(=O)N1CCc2c(nn(C(=O)C3CCNc4ccccc43)c2N)C1. The van der Waals surface area contributed by atoms with Gasteiger partial charge in [0.05, 0.1) is 18.2 Å². The normalized spacial score (nSPS) is 18.6. The highest BCUT2D eigenvalue weighted by Gasteiger charge is 2.33. The summed E-state index contributed by atoms with van der Waals surface area (Å²) in [5, 5.41) is 7.85. The predicted octanol–water partition coefficient (Wildman–Crippen LogP) is 2.25. The summed E-state index contributed by atoms with van der Waals surface area (Å²) in [5.41, 5.74) is 9.91. The van der Waals surface area contributed by atoms with Gasteiger partial charge >= 0.3 is 0 Å². The van der Waals surface area contributed by atoms with Gasteiger partial charge in [0.25, 0.3) is 5.91 Å². The smallest absolute Gasteiger partial charge is 0.256 e. The molecule has 1 amide bonds. The van der Waals surface area contributed by atoms with Crippen LogP contribution in [0.5, 0.6) is 0 Å². The Morgan fingerprint density at radius 2 is 2.07 bits per heavy atom. The molecular formula is C20H25N5O2. The minimum Gasteiger partial charge on any atom is -0.385 e. The number of fused-ring (bicyclic) bond motifs is 2. The van der Waals surface area contributed by atoms with Crippen molar-refractivity contribution in [3.05, 3.63) is 41.1 Å². The number of para-hydroxylation sites is 1. The van der Waals surface area contributed by atoms with Crippen LogP contribution < -0.4 is 11.1 Å². The highest BCUT2D eigenvalue weighted by Crippen LogP contribution is 2.34. The number of carbonyl (C=O) groups is 2. The van der Waals surface area contributed by atoms with Crippen molar-refractivity contribution in [3.8, 4) is 0 Å². The van der Waals surface area contributed by atoms with Crippen molar-refractivity contribution in [1.82, 2.24) is 14.7 Å². The van der Waals surface area contributed by atoms with Gasteiger partial charge in [-0.15, -0.1) is 0 Å². The van der Waals surface area contributed by atoms with Crippen LogP contribution in [0.4, 0.5) is 11.5 Å². The average Bonchev–Trinajstić information content (AvgIpc) is 3.02. The molecule has 4 rings (SSSR count). The van der Waals surface area contributed by atoms with E-state index in [0.717, 1.165) is 29.1 Å². The Balaban J connectivity index is 1.63. The topological polar surface area (TPSA) is 93.2 Å². The molecule has 1 aromatic carbocycles. The Labute approximate surface area is 158 Å². The molecule has 2 aliphatic heterocycles. The van der Waals surface area contributed by atoms with Crippen LogP contribution in [-0.4, -0.2) is 39.6 Å². The van der Waals surface area contributed by atoms with E-state index >= 15 is 0 Å². The van der Waals surface area contributed by atoms with Crippen molar-refractivity contribution in [1.29, 1.82) is 0 Å². The van der Waals surface area contributed by atoms with Crippen molar-refractivity contribution in [3.63, 3.8) is 0 Å². The first-order valence-electron chi connectivity index (χ1n) is 9.49. The van der Waals surface area contributed by atoms with Crippen LogP contribution in [-0.2, 0) is 17.8 Å². The molecule has 1 unspecified atom stereocenters. The molecule has 0 bridgehead atoms. The van der Waals surface area contributed by atoms with Crippen LogP contribution in [0.25, 0.3) is 0 Å². The van der Waals surface area contributed by atoms with Crippen LogP contribution in [0.2, 0.25) is 0 Å². The fraction of sp³-hybridized carbons (Fsp3) is 0.450. The van der Waals surface area contributed by atoms with E-state index in [-0.39, 0.29) is 23.7 Å². The number of nitrogen functional groups attached to an aromatic ring is 1. The minimum absolute atomic E-state index is 0.0566. The van der Waals surface area contributed by atoms with Gasteiger partial charge in [0.1, 0.15) is 5.82 Å². The second-order valence-electron chi connectivity index (χ2n) is 7.58. The number of nitrogens with one attached hydrogen (secondary N) is 1. The lowest BCUT2D eigenvalue weighted by Crippen LogP contribution is -2.38. The summed E-state index contributed by atoms with van der Waals surface area (Å²) >= 11 is 0. The molecule has 142 valence electrons. The van der Waals surface area contributed by atoms with E-state index in [1.165, 1.54) is 4.68 Å². The maximum atomic E-state index is 13.2. The summed E-state index contributed by atoms with van der Waals surface area (Å²) in [4.78, 5) is 27.3. The number of nitrogens with zero attached hydrogens (tertiary/aromatic N) is 3. The summed E-state index contributed by atoms with van der Waals surface area (Å²) in [6, 6.07) is 7.87. The third-order valence-electron chi connectivity index (χ3n) is 5.48. The van der Waals surface area contributed by atoms with Crippen molar-refractivity contribution >= 4 is 23.3 Å². The van der Waals surface area contributed by atoms with Crippen LogP contribution in [0.1, 0.15) is 47.8 Å². The van der Waals surface area contributed by atoms with Crippen LogP contribution >= 0.6 is 0 Å². The van der Waals surface area contributed by atoms with Gasteiger partial charge in [-0.05, 0) is 24.5 Å². The summed E-state index contributed by atoms with van der Waals surface area (Å²) in [6.07, 6.45) is 1.34. The first kappa shape index (κ1) is 17.6. The molecule has 0 spiro atoms. The van der Waals surface area contributed by atoms with Gasteiger partial charge in [0, 0.05) is 30.3 Å². The summed E-state index contributed by atoms with van der Waals surface area (Å²) in [6.45, 7) is 5.56. The summed E-state index contributed by atoms with van der Waals surface area (Å²) in [7, 11) is 0. The minimum atomic E-state index is -0.264. The third-order valence-corrected chi connectivity index (χ3v) is 5.48. The quantitative estimate of drug-likeness (QED) is 0.849. The van der Waals surface area contributed by atoms with Crippen molar-refractivity contribution in [2.24, 2.45) is 5.92 Å². The van der Waals surface area contributed by atoms with Crippen LogP contribution in [0.3, 0.4) is 0 Å². The number of hydrogen-bond acceptors (Lipinski definition) is 5. The molecule has 2 aliphatic rings. The highest BCUT2D eigenvalue weighted by molar-refractivity contribution is 5.90. The van der Waals surface area contributed by atoms with Gasteiger partial charge in [-0.1, -0.05) is 32.0 Å². The molecule has 7 heteroatoms. The molecule has 27 heavy (non-hydrogen) atoms. The van der Waals surface area contributed by atoms with Gasteiger partial charge in [0.15, 0.2) is 0 Å². The number of rotatable bonds is 2. The Morgan fingerprint density at radius 3 is 2.85 bits per heavy atom. The van der Waals surface area contributed by atoms with Crippen LogP contribution in [0.15, 0.2) is 24.3 Å². The molecule has 0 saturated carbocycles. The number of carbonyl (C=O) groups excluding carboxylic acids is 2. The Morgan fingerprint density at radius 1 is 1.30 bits per heavy atom. The first-order valence-corrected chi connectivity index (χ1v) is 9.49. The van der Waals surface area contributed by atoms with E-state index in [9.17, 15) is 9.59 Å². The third kappa shape index (κ3) is 2.97. The lowest BCUT2D eigenvalue weighted by molar-refractivity contribution is -0.135. The standard InChI is InChI=1S/C20H25N5O2/c1-12(2)19(26)24-10-8-15-17(11-24)23-25(18(15)21)20(27)14-7-9-22-16-6-4-3-5-13(14)16/h3-6,12,14,22H,7-11,21H2,1-2H3. The van der Waals surface area contributed by atoms with E-state index in [2.05, 4.69) is 10.4 Å². The molecule has 1 aromatic heterocycles. The maximum Gasteiger partial charge on any atom is 0.256 e. The summed E-state index contributed by atoms with van der Waals surface area (Å²) in [5.74, 6) is 0.103. The van der Waals surface area contributed by atoms with Gasteiger partial charge in [0.2, 0.25) is 5.91 Å². The van der Waals surface area contributed by atoms with E-state index in [1.807, 2.05) is 38.1 Å². The van der Waals surface area contributed by atoms with Crippen molar-refractivity contribution in [2.45, 2.75) is 39.2 Å². The number of amides is 1. The van der Waals surface area contributed by atoms with Gasteiger partial charge in [-0.25, -0.2) is 0 Å². The second-order valence-corrected chi connectivity index (χ2v) is 7.58. The zero-order valence-corrected chi connectivity index (χ0v) is 15.7. The lowest BCUT2D eigenvalue weighted by atomic mass is 9.90. The Bertz CT molecular complexity index is 902. The molecule has 0 radical (unpaired) electrons. The first-order chi connectivity index (χ1) is 13.0. The number of benzene rings is 1. The molecule has 0 aliphatic carbocycles. The molecule has 3 heterocycles. The fourth-order valence-electron chi connectivity index (χ4n) is 4.01. The predicted molar refractivity (Wildman–Crippen MR) is 104 cm³/mol. The molecule has 7 nitrogen and oxygen atoms in total. The maximum absolute atomic E-state index is 13.2. The molecular weight excluding hydrogens is 342 g/mol. The van der Waals surface area contributed by atoms with E-state index in [1.54, 1.807) is 4.90 Å². The lowest BCUT2D eigenvalue weighted by Gasteiger charge is -2.27. The van der Waals surface area contributed by atoms with E-state index in [0.29, 0.717) is 31.7 Å².